The molecule has 0 aromatic rings. The monoisotopic (exact) mass is 263 g/mol. The number of sulfonamides is 1. The molecule has 1 saturated carbocycles. The molecule has 2 atom stereocenters. The number of aliphatic hydroxyl groups excluding tert-OH is 1. The highest BCUT2D eigenvalue weighted by atomic mass is 32.2. The van der Waals surface area contributed by atoms with Gasteiger partial charge in [-0.1, -0.05) is 33.6 Å². The third kappa shape index (κ3) is 5.84. The first-order valence-corrected chi connectivity index (χ1v) is 8.03. The first kappa shape index (κ1) is 14.9. The summed E-state index contributed by atoms with van der Waals surface area (Å²) in [4.78, 5) is 0. The Morgan fingerprint density at radius 2 is 1.82 bits per heavy atom. The van der Waals surface area contributed by atoms with Crippen LogP contribution in [-0.2, 0) is 10.0 Å². The molecule has 0 amide bonds. The van der Waals surface area contributed by atoms with E-state index in [1.54, 1.807) is 0 Å². The minimum absolute atomic E-state index is 0.0138. The number of aliphatic hydroxyl groups is 1. The lowest BCUT2D eigenvalue weighted by molar-refractivity contribution is 0.101. The van der Waals surface area contributed by atoms with E-state index in [4.69, 9.17) is 0 Å². The van der Waals surface area contributed by atoms with E-state index < -0.39 is 16.1 Å². The summed E-state index contributed by atoms with van der Waals surface area (Å²) < 4.78 is 26.4. The molecule has 0 aromatic heterocycles. The Morgan fingerprint density at radius 3 is 2.35 bits per heavy atom. The molecule has 0 unspecified atom stereocenters. The summed E-state index contributed by atoms with van der Waals surface area (Å²) in [7, 11) is -3.26. The number of hydrogen-bond donors (Lipinski definition) is 2. The van der Waals surface area contributed by atoms with Crippen LogP contribution < -0.4 is 4.72 Å². The lowest BCUT2D eigenvalue weighted by Crippen LogP contribution is -2.46. The second-order valence-electron chi connectivity index (χ2n) is 6.21. The predicted octanol–water partition coefficient (Wildman–Crippen LogP) is 1.65. The van der Waals surface area contributed by atoms with Crippen molar-refractivity contribution in [2.45, 2.75) is 65.0 Å². The summed E-state index contributed by atoms with van der Waals surface area (Å²) in [6.07, 6.45) is 3.53. The molecule has 0 heterocycles. The van der Waals surface area contributed by atoms with Crippen LogP contribution in [-0.4, -0.2) is 31.4 Å². The van der Waals surface area contributed by atoms with Crippen molar-refractivity contribution in [1.29, 1.82) is 0 Å². The van der Waals surface area contributed by atoms with E-state index >= 15 is 0 Å². The van der Waals surface area contributed by atoms with E-state index in [2.05, 4.69) is 4.72 Å². The fourth-order valence-electron chi connectivity index (χ4n) is 1.98. The van der Waals surface area contributed by atoms with Crippen LogP contribution >= 0.6 is 0 Å². The molecular weight excluding hydrogens is 238 g/mol. The van der Waals surface area contributed by atoms with E-state index in [0.29, 0.717) is 12.8 Å². The average molecular weight is 263 g/mol. The maximum Gasteiger partial charge on any atom is 0.211 e. The Kier molecular flexibility index (Phi) is 4.98. The lowest BCUT2D eigenvalue weighted by Gasteiger charge is -2.28. The minimum Gasteiger partial charge on any atom is -0.391 e. The molecule has 0 bridgehead atoms. The first-order valence-electron chi connectivity index (χ1n) is 6.38. The van der Waals surface area contributed by atoms with Crippen LogP contribution in [0.1, 0.15) is 52.9 Å². The largest absolute Gasteiger partial charge is 0.391 e. The van der Waals surface area contributed by atoms with Gasteiger partial charge in [0.15, 0.2) is 0 Å². The molecule has 0 aliphatic heterocycles. The minimum atomic E-state index is -3.26. The molecule has 0 spiro atoms. The van der Waals surface area contributed by atoms with Crippen molar-refractivity contribution in [3.05, 3.63) is 0 Å². The number of rotatable bonds is 4. The predicted molar refractivity (Wildman–Crippen MR) is 69.3 cm³/mol. The van der Waals surface area contributed by atoms with Crippen molar-refractivity contribution in [3.8, 4) is 0 Å². The molecule has 2 N–H and O–H groups in total. The van der Waals surface area contributed by atoms with Crippen molar-refractivity contribution < 1.29 is 13.5 Å². The summed E-state index contributed by atoms with van der Waals surface area (Å²) in [5.41, 5.74) is 0.0138. The van der Waals surface area contributed by atoms with Crippen molar-refractivity contribution in [3.63, 3.8) is 0 Å². The normalized spacial score (nSPS) is 27.1. The Hall–Kier alpha value is -0.130. The maximum atomic E-state index is 11.9. The highest BCUT2D eigenvalue weighted by Gasteiger charge is 2.27. The zero-order valence-electron chi connectivity index (χ0n) is 11.1. The number of nitrogens with one attached hydrogen (secondary N) is 1. The maximum absolute atomic E-state index is 11.9. The second kappa shape index (κ2) is 5.67. The van der Waals surface area contributed by atoms with E-state index in [0.717, 1.165) is 19.3 Å². The van der Waals surface area contributed by atoms with Gasteiger partial charge in [-0.2, -0.15) is 0 Å². The molecule has 1 aliphatic carbocycles. The van der Waals surface area contributed by atoms with Gasteiger partial charge in [-0.05, 0) is 24.7 Å². The molecule has 4 nitrogen and oxygen atoms in total. The van der Waals surface area contributed by atoms with Gasteiger partial charge in [-0.3, -0.25) is 0 Å². The Balaban J connectivity index is 2.48. The molecule has 1 aliphatic rings. The van der Waals surface area contributed by atoms with Gasteiger partial charge in [0.25, 0.3) is 0 Å². The number of hydrogen-bond acceptors (Lipinski definition) is 3. The standard InChI is InChI=1S/C12H25NO3S/c1-12(2,3)8-9-17(15,16)13-10-6-4-5-7-11(10)14/h10-11,13-14H,4-9H2,1-3H3/t10-,11-/m1/s1. The fourth-order valence-corrected chi connectivity index (χ4v) is 3.71. The van der Waals surface area contributed by atoms with Crippen LogP contribution in [0.5, 0.6) is 0 Å². The summed E-state index contributed by atoms with van der Waals surface area (Å²) >= 11 is 0. The Bertz CT molecular complexity index is 332. The van der Waals surface area contributed by atoms with Gasteiger partial charge in [0, 0.05) is 6.04 Å². The molecule has 1 rings (SSSR count). The van der Waals surface area contributed by atoms with Crippen LogP contribution in [0, 0.1) is 5.41 Å². The van der Waals surface area contributed by atoms with Crippen LogP contribution in [0.4, 0.5) is 0 Å². The van der Waals surface area contributed by atoms with Crippen molar-refractivity contribution in [2.75, 3.05) is 5.75 Å². The second-order valence-corrected chi connectivity index (χ2v) is 8.08. The Labute approximate surface area is 105 Å². The SMILES string of the molecule is CC(C)(C)CCS(=O)(=O)N[C@@H]1CCCC[C@H]1O. The molecule has 102 valence electrons. The van der Waals surface area contributed by atoms with Crippen molar-refractivity contribution in [2.24, 2.45) is 5.41 Å². The molecule has 0 radical (unpaired) electrons. The lowest BCUT2D eigenvalue weighted by atomic mass is 9.93. The van der Waals surface area contributed by atoms with Crippen LogP contribution in [0.25, 0.3) is 0 Å². The average Bonchev–Trinajstić information content (AvgIpc) is 2.18. The van der Waals surface area contributed by atoms with Gasteiger partial charge in [0.05, 0.1) is 11.9 Å². The van der Waals surface area contributed by atoms with Crippen LogP contribution in [0.3, 0.4) is 0 Å². The summed E-state index contributed by atoms with van der Waals surface area (Å²) in [5.74, 6) is 0.139. The summed E-state index contributed by atoms with van der Waals surface area (Å²) in [6, 6.07) is -0.284. The van der Waals surface area contributed by atoms with Gasteiger partial charge < -0.3 is 5.11 Å². The molecule has 5 heteroatoms. The smallest absolute Gasteiger partial charge is 0.211 e. The zero-order chi connectivity index (χ0) is 13.1. The summed E-state index contributed by atoms with van der Waals surface area (Å²) in [6.45, 7) is 6.08. The fraction of sp³-hybridized carbons (Fsp3) is 1.00. The van der Waals surface area contributed by atoms with Crippen molar-refractivity contribution >= 4 is 10.0 Å². The third-order valence-electron chi connectivity index (χ3n) is 3.18. The third-order valence-corrected chi connectivity index (χ3v) is 4.58. The van der Waals surface area contributed by atoms with Gasteiger partial charge in [0.2, 0.25) is 10.0 Å². The molecule has 0 aromatic carbocycles. The van der Waals surface area contributed by atoms with Gasteiger partial charge in [-0.25, -0.2) is 13.1 Å². The quantitative estimate of drug-likeness (QED) is 0.810. The van der Waals surface area contributed by atoms with Gasteiger partial charge >= 0.3 is 0 Å². The van der Waals surface area contributed by atoms with E-state index in [1.165, 1.54) is 0 Å². The Morgan fingerprint density at radius 1 is 1.24 bits per heavy atom. The van der Waals surface area contributed by atoms with Gasteiger partial charge in [0.1, 0.15) is 0 Å². The summed E-state index contributed by atoms with van der Waals surface area (Å²) in [5, 5.41) is 9.73. The van der Waals surface area contributed by atoms with Gasteiger partial charge in [-0.15, -0.1) is 0 Å². The van der Waals surface area contributed by atoms with Crippen molar-refractivity contribution in [1.82, 2.24) is 4.72 Å². The molecule has 17 heavy (non-hydrogen) atoms. The highest BCUT2D eigenvalue weighted by molar-refractivity contribution is 7.89. The molecular formula is C12H25NO3S. The van der Waals surface area contributed by atoms with Crippen LogP contribution in [0.2, 0.25) is 0 Å². The van der Waals surface area contributed by atoms with Crippen LogP contribution in [0.15, 0.2) is 0 Å². The molecule has 1 fully saturated rings. The first-order chi connectivity index (χ1) is 7.70. The van der Waals surface area contributed by atoms with E-state index in [-0.39, 0.29) is 17.2 Å². The topological polar surface area (TPSA) is 66.4 Å². The van der Waals surface area contributed by atoms with E-state index in [1.807, 2.05) is 20.8 Å². The highest BCUT2D eigenvalue weighted by Crippen LogP contribution is 2.21. The molecule has 0 saturated heterocycles. The van der Waals surface area contributed by atoms with E-state index in [9.17, 15) is 13.5 Å². The zero-order valence-corrected chi connectivity index (χ0v) is 11.9.